The Bertz CT molecular complexity index is 630. The lowest BCUT2D eigenvalue weighted by molar-refractivity contribution is 0.279. The fourth-order valence-corrected chi connectivity index (χ4v) is 2.60. The number of rotatable bonds is 4. The van der Waals surface area contributed by atoms with Crippen LogP contribution in [0, 0.1) is 13.8 Å². The summed E-state index contributed by atoms with van der Waals surface area (Å²) in [4.78, 5) is 4.05. The van der Waals surface area contributed by atoms with E-state index < -0.39 is 0 Å². The van der Waals surface area contributed by atoms with E-state index in [-0.39, 0.29) is 12.4 Å². The minimum Gasteiger partial charge on any atom is -0.506 e. The third kappa shape index (κ3) is 3.11. The van der Waals surface area contributed by atoms with Crippen LogP contribution in [0.25, 0.3) is 0 Å². The van der Waals surface area contributed by atoms with Gasteiger partial charge in [0.1, 0.15) is 5.75 Å². The highest BCUT2D eigenvalue weighted by Crippen LogP contribution is 2.27. The van der Waals surface area contributed by atoms with Crippen LogP contribution in [0.5, 0.6) is 5.75 Å². The highest BCUT2D eigenvalue weighted by molar-refractivity contribution is 9.10. The van der Waals surface area contributed by atoms with Crippen molar-refractivity contribution in [2.45, 2.75) is 27.0 Å². The van der Waals surface area contributed by atoms with Gasteiger partial charge in [0.2, 0.25) is 0 Å². The standard InChI is InChI=1S/C15H17BrN2O2/c1-9-3-4-14(13(16)5-9)18-7-12-11(8-19)6-17-10(2)15(12)20/h3-6,18-20H,7-8H2,1-2H3. The van der Waals surface area contributed by atoms with Crippen molar-refractivity contribution in [3.8, 4) is 5.75 Å². The van der Waals surface area contributed by atoms with Crippen molar-refractivity contribution in [1.82, 2.24) is 4.98 Å². The second kappa shape index (κ2) is 6.24. The molecule has 5 heteroatoms. The first-order valence-electron chi connectivity index (χ1n) is 6.30. The van der Waals surface area contributed by atoms with Gasteiger partial charge in [-0.2, -0.15) is 0 Å². The van der Waals surface area contributed by atoms with Crippen LogP contribution in [0.15, 0.2) is 28.9 Å². The molecular weight excluding hydrogens is 320 g/mol. The lowest BCUT2D eigenvalue weighted by Crippen LogP contribution is -2.06. The Balaban J connectivity index is 2.24. The quantitative estimate of drug-likeness (QED) is 0.801. The van der Waals surface area contributed by atoms with E-state index in [0.717, 1.165) is 10.2 Å². The van der Waals surface area contributed by atoms with Crippen molar-refractivity contribution in [1.29, 1.82) is 0 Å². The van der Waals surface area contributed by atoms with Crippen molar-refractivity contribution >= 4 is 21.6 Å². The number of pyridine rings is 1. The summed E-state index contributed by atoms with van der Waals surface area (Å²) in [5.41, 5.74) is 3.97. The summed E-state index contributed by atoms with van der Waals surface area (Å²) in [6.07, 6.45) is 1.59. The molecule has 0 atom stereocenters. The molecule has 0 bridgehead atoms. The number of aromatic hydroxyl groups is 1. The summed E-state index contributed by atoms with van der Waals surface area (Å²) in [7, 11) is 0. The maximum Gasteiger partial charge on any atom is 0.142 e. The Labute approximate surface area is 126 Å². The van der Waals surface area contributed by atoms with Gasteiger partial charge in [-0.3, -0.25) is 4.98 Å². The molecule has 0 aliphatic carbocycles. The van der Waals surface area contributed by atoms with Gasteiger partial charge in [-0.25, -0.2) is 0 Å². The fourth-order valence-electron chi connectivity index (χ4n) is 1.96. The van der Waals surface area contributed by atoms with E-state index in [1.807, 2.05) is 25.1 Å². The van der Waals surface area contributed by atoms with Crippen molar-refractivity contribution in [3.63, 3.8) is 0 Å². The number of aryl methyl sites for hydroxylation is 2. The van der Waals surface area contributed by atoms with E-state index >= 15 is 0 Å². The van der Waals surface area contributed by atoms with Crippen LogP contribution in [0.1, 0.15) is 22.4 Å². The van der Waals surface area contributed by atoms with Crippen molar-refractivity contribution in [3.05, 3.63) is 51.3 Å². The van der Waals surface area contributed by atoms with E-state index in [1.165, 1.54) is 5.56 Å². The molecule has 0 saturated carbocycles. The first-order valence-corrected chi connectivity index (χ1v) is 7.09. The second-order valence-electron chi connectivity index (χ2n) is 4.69. The van der Waals surface area contributed by atoms with Crippen LogP contribution in [0.3, 0.4) is 0 Å². The van der Waals surface area contributed by atoms with Crippen LogP contribution in [-0.2, 0) is 13.2 Å². The third-order valence-corrected chi connectivity index (χ3v) is 3.84. The molecule has 0 aliphatic heterocycles. The SMILES string of the molecule is Cc1ccc(NCc2c(CO)cnc(C)c2O)c(Br)c1. The number of nitrogens with one attached hydrogen (secondary N) is 1. The summed E-state index contributed by atoms with van der Waals surface area (Å²) in [5, 5.41) is 22.7. The van der Waals surface area contributed by atoms with Crippen LogP contribution >= 0.6 is 15.9 Å². The Morgan fingerprint density at radius 1 is 1.30 bits per heavy atom. The van der Waals surface area contributed by atoms with Gasteiger partial charge in [0, 0.05) is 34.0 Å². The molecule has 106 valence electrons. The minimum atomic E-state index is -0.146. The molecule has 2 rings (SSSR count). The topological polar surface area (TPSA) is 65.4 Å². The van der Waals surface area contributed by atoms with Gasteiger partial charge in [0.15, 0.2) is 0 Å². The van der Waals surface area contributed by atoms with Crippen LogP contribution in [0.2, 0.25) is 0 Å². The molecule has 0 fully saturated rings. The summed E-state index contributed by atoms with van der Waals surface area (Å²) < 4.78 is 0.966. The molecule has 1 aromatic carbocycles. The Morgan fingerprint density at radius 3 is 2.70 bits per heavy atom. The Kier molecular flexibility index (Phi) is 4.62. The molecule has 2 aromatic rings. The van der Waals surface area contributed by atoms with E-state index in [1.54, 1.807) is 13.1 Å². The zero-order chi connectivity index (χ0) is 14.7. The monoisotopic (exact) mass is 336 g/mol. The number of aliphatic hydroxyl groups is 1. The molecule has 0 radical (unpaired) electrons. The number of benzene rings is 1. The molecule has 0 saturated heterocycles. The van der Waals surface area contributed by atoms with Crippen LogP contribution in [0.4, 0.5) is 5.69 Å². The smallest absolute Gasteiger partial charge is 0.142 e. The highest BCUT2D eigenvalue weighted by atomic mass is 79.9. The molecule has 0 spiro atoms. The van der Waals surface area contributed by atoms with Gasteiger partial charge in [0.05, 0.1) is 12.3 Å². The van der Waals surface area contributed by atoms with Gasteiger partial charge < -0.3 is 15.5 Å². The maximum atomic E-state index is 10.1. The summed E-state index contributed by atoms with van der Waals surface area (Å²) in [5.74, 6) is 0.132. The number of anilines is 1. The van der Waals surface area contributed by atoms with Crippen LogP contribution < -0.4 is 5.32 Å². The van der Waals surface area contributed by atoms with Crippen molar-refractivity contribution in [2.24, 2.45) is 0 Å². The number of hydrogen-bond acceptors (Lipinski definition) is 4. The predicted octanol–water partition coefficient (Wildman–Crippen LogP) is 3.27. The van der Waals surface area contributed by atoms with E-state index in [4.69, 9.17) is 0 Å². The molecule has 20 heavy (non-hydrogen) atoms. The maximum absolute atomic E-state index is 10.1. The molecule has 1 heterocycles. The van der Waals surface area contributed by atoms with Crippen LogP contribution in [-0.4, -0.2) is 15.2 Å². The average Bonchev–Trinajstić information content (AvgIpc) is 2.42. The molecule has 0 amide bonds. The summed E-state index contributed by atoms with van der Waals surface area (Å²) in [6, 6.07) is 6.01. The van der Waals surface area contributed by atoms with E-state index in [9.17, 15) is 10.2 Å². The van der Waals surface area contributed by atoms with Gasteiger partial charge in [-0.1, -0.05) is 6.07 Å². The highest BCUT2D eigenvalue weighted by Gasteiger charge is 2.11. The Morgan fingerprint density at radius 2 is 2.05 bits per heavy atom. The summed E-state index contributed by atoms with van der Waals surface area (Å²) >= 11 is 3.50. The predicted molar refractivity (Wildman–Crippen MR) is 82.8 cm³/mol. The zero-order valence-electron chi connectivity index (χ0n) is 11.4. The molecule has 0 aliphatic rings. The molecule has 0 unspecified atom stereocenters. The molecule has 4 nitrogen and oxygen atoms in total. The molecule has 1 aromatic heterocycles. The number of aromatic nitrogens is 1. The Hall–Kier alpha value is -1.59. The summed E-state index contributed by atoms with van der Waals surface area (Å²) in [6.45, 7) is 4.04. The normalized spacial score (nSPS) is 10.6. The van der Waals surface area contributed by atoms with Gasteiger partial charge in [-0.15, -0.1) is 0 Å². The van der Waals surface area contributed by atoms with E-state index in [2.05, 4.69) is 26.2 Å². The first kappa shape index (κ1) is 14.8. The van der Waals surface area contributed by atoms with Crippen molar-refractivity contribution < 1.29 is 10.2 Å². The second-order valence-corrected chi connectivity index (χ2v) is 5.55. The van der Waals surface area contributed by atoms with E-state index in [0.29, 0.717) is 23.4 Å². The lowest BCUT2D eigenvalue weighted by atomic mass is 10.1. The lowest BCUT2D eigenvalue weighted by Gasteiger charge is -2.14. The number of hydrogen-bond donors (Lipinski definition) is 3. The first-order chi connectivity index (χ1) is 9.52. The largest absolute Gasteiger partial charge is 0.506 e. The molecule has 3 N–H and O–H groups in total. The fraction of sp³-hybridized carbons (Fsp3) is 0.267. The number of nitrogens with zero attached hydrogens (tertiary/aromatic N) is 1. The zero-order valence-corrected chi connectivity index (χ0v) is 13.0. The average molecular weight is 337 g/mol. The number of aliphatic hydroxyl groups excluding tert-OH is 1. The van der Waals surface area contributed by atoms with Gasteiger partial charge in [0.25, 0.3) is 0 Å². The minimum absolute atomic E-state index is 0.132. The number of halogens is 1. The third-order valence-electron chi connectivity index (χ3n) is 3.18. The van der Waals surface area contributed by atoms with Gasteiger partial charge >= 0.3 is 0 Å². The van der Waals surface area contributed by atoms with Gasteiger partial charge in [-0.05, 0) is 47.5 Å². The van der Waals surface area contributed by atoms with Crippen molar-refractivity contribution in [2.75, 3.05) is 5.32 Å². The molecular formula is C15H17BrN2O2.